The first-order valence-corrected chi connectivity index (χ1v) is 6.68. The minimum absolute atomic E-state index is 0.210. The largest absolute Gasteiger partial charge is 0.494 e. The molecule has 0 bridgehead atoms. The summed E-state index contributed by atoms with van der Waals surface area (Å²) in [5.41, 5.74) is 12.2. The minimum atomic E-state index is -0.594. The second-order valence-electron chi connectivity index (χ2n) is 3.72. The van der Waals surface area contributed by atoms with Crippen LogP contribution in [0.1, 0.15) is 10.4 Å². The molecule has 0 atom stereocenters. The smallest absolute Gasteiger partial charge is 0.255 e. The summed E-state index contributed by atoms with van der Waals surface area (Å²) in [6.07, 6.45) is 1.81. The van der Waals surface area contributed by atoms with Gasteiger partial charge in [-0.2, -0.15) is 5.10 Å². The Labute approximate surface area is 114 Å². The fourth-order valence-electron chi connectivity index (χ4n) is 1.77. The molecule has 2 rings (SSSR count). The number of thioether (sulfide) groups is 1. The van der Waals surface area contributed by atoms with Crippen LogP contribution in [0.2, 0.25) is 0 Å². The summed E-state index contributed by atoms with van der Waals surface area (Å²) >= 11 is 1.31. The number of hydrogen-bond acceptors (Lipinski definition) is 5. The predicted octanol–water partition coefficient (Wildman–Crippen LogP) is 1.28. The highest BCUT2D eigenvalue weighted by molar-refractivity contribution is 7.98. The number of anilines is 1. The van der Waals surface area contributed by atoms with Gasteiger partial charge >= 0.3 is 0 Å². The summed E-state index contributed by atoms with van der Waals surface area (Å²) < 4.78 is 6.72. The van der Waals surface area contributed by atoms with Crippen molar-refractivity contribution >= 4 is 23.5 Å². The number of nitrogens with two attached hydrogens (primary N) is 2. The molecule has 0 aliphatic carbocycles. The molecule has 1 aromatic heterocycles. The molecule has 1 amide bonds. The van der Waals surface area contributed by atoms with E-state index in [0.29, 0.717) is 16.5 Å². The molecule has 0 saturated carbocycles. The number of amides is 1. The Morgan fingerprint density at radius 3 is 2.63 bits per heavy atom. The zero-order valence-corrected chi connectivity index (χ0v) is 11.4. The number of rotatable bonds is 4. The van der Waals surface area contributed by atoms with Crippen LogP contribution in [0, 0.1) is 0 Å². The third kappa shape index (κ3) is 2.24. The van der Waals surface area contributed by atoms with Gasteiger partial charge in [0.05, 0.1) is 7.11 Å². The van der Waals surface area contributed by atoms with Crippen LogP contribution in [0.4, 0.5) is 5.82 Å². The molecule has 0 unspecified atom stereocenters. The lowest BCUT2D eigenvalue weighted by molar-refractivity contribution is 0.0998. The Morgan fingerprint density at radius 2 is 2.11 bits per heavy atom. The molecule has 100 valence electrons. The summed E-state index contributed by atoms with van der Waals surface area (Å²) in [5, 5.41) is 4.80. The molecule has 4 N–H and O–H groups in total. The Morgan fingerprint density at radius 1 is 1.42 bits per heavy atom. The molecule has 0 spiro atoms. The van der Waals surface area contributed by atoms with Gasteiger partial charge in [0.15, 0.2) is 0 Å². The second-order valence-corrected chi connectivity index (χ2v) is 4.51. The minimum Gasteiger partial charge on any atom is -0.494 e. The maximum atomic E-state index is 11.4. The summed E-state index contributed by atoms with van der Waals surface area (Å²) in [7, 11) is 1.56. The van der Waals surface area contributed by atoms with Crippen molar-refractivity contribution in [3.05, 3.63) is 29.8 Å². The molecule has 0 radical (unpaired) electrons. The van der Waals surface area contributed by atoms with Crippen molar-refractivity contribution in [3.8, 4) is 11.4 Å². The van der Waals surface area contributed by atoms with Gasteiger partial charge in [0.1, 0.15) is 27.8 Å². The summed E-state index contributed by atoms with van der Waals surface area (Å²) in [6, 6.07) is 7.27. The van der Waals surface area contributed by atoms with Gasteiger partial charge in [-0.25, -0.2) is 4.68 Å². The average molecular weight is 278 g/mol. The Bertz CT molecular complexity index is 624. The van der Waals surface area contributed by atoms with Gasteiger partial charge in [-0.3, -0.25) is 4.79 Å². The van der Waals surface area contributed by atoms with Crippen molar-refractivity contribution in [3.63, 3.8) is 0 Å². The molecular weight excluding hydrogens is 264 g/mol. The number of methoxy groups -OCH3 is 1. The summed E-state index contributed by atoms with van der Waals surface area (Å²) in [4.78, 5) is 11.4. The van der Waals surface area contributed by atoms with E-state index in [2.05, 4.69) is 5.10 Å². The number of carbonyl (C=O) groups is 1. The highest BCUT2D eigenvalue weighted by atomic mass is 32.2. The molecule has 6 nitrogen and oxygen atoms in total. The van der Waals surface area contributed by atoms with Crippen LogP contribution in [-0.2, 0) is 0 Å². The van der Waals surface area contributed by atoms with E-state index in [9.17, 15) is 4.79 Å². The van der Waals surface area contributed by atoms with E-state index in [1.165, 1.54) is 16.4 Å². The molecule has 2 aromatic rings. The summed E-state index contributed by atoms with van der Waals surface area (Å²) in [5.74, 6) is 0.227. The van der Waals surface area contributed by atoms with Crippen LogP contribution in [0.25, 0.3) is 5.69 Å². The second kappa shape index (κ2) is 5.23. The van der Waals surface area contributed by atoms with Crippen molar-refractivity contribution in [2.75, 3.05) is 19.1 Å². The van der Waals surface area contributed by atoms with Crippen LogP contribution < -0.4 is 16.2 Å². The van der Waals surface area contributed by atoms with Crippen molar-refractivity contribution in [1.29, 1.82) is 0 Å². The first kappa shape index (κ1) is 13.3. The number of hydrogen-bond donors (Lipinski definition) is 2. The highest BCUT2D eigenvalue weighted by Gasteiger charge is 2.21. The normalized spacial score (nSPS) is 10.4. The number of ether oxygens (including phenoxy) is 1. The van der Waals surface area contributed by atoms with Gasteiger partial charge in [-0.15, -0.1) is 11.8 Å². The van der Waals surface area contributed by atoms with Gasteiger partial charge in [0.2, 0.25) is 0 Å². The third-order valence-electron chi connectivity index (χ3n) is 2.64. The number of nitrogen functional groups attached to an aromatic ring is 1. The quantitative estimate of drug-likeness (QED) is 0.821. The van der Waals surface area contributed by atoms with E-state index in [1.54, 1.807) is 25.5 Å². The molecule has 19 heavy (non-hydrogen) atoms. The fourth-order valence-corrected chi connectivity index (χ4v) is 2.35. The SMILES string of the molecule is COc1ccccc1-n1nc(SC)c(C(N)=O)c1N. The number of para-hydroxylation sites is 2. The monoisotopic (exact) mass is 278 g/mol. The topological polar surface area (TPSA) is 96.2 Å². The molecular formula is C12H14N4O2S. The number of carbonyl (C=O) groups excluding carboxylic acids is 1. The highest BCUT2D eigenvalue weighted by Crippen LogP contribution is 2.30. The van der Waals surface area contributed by atoms with Crippen molar-refractivity contribution < 1.29 is 9.53 Å². The van der Waals surface area contributed by atoms with Crippen LogP contribution in [0.5, 0.6) is 5.75 Å². The standard InChI is InChI=1S/C12H14N4O2S/c1-18-8-6-4-3-5-7(8)16-10(13)9(11(14)17)12(15-16)19-2/h3-6H,13H2,1-2H3,(H2,14,17). The maximum Gasteiger partial charge on any atom is 0.255 e. The molecule has 7 heteroatoms. The van der Waals surface area contributed by atoms with Crippen LogP contribution >= 0.6 is 11.8 Å². The van der Waals surface area contributed by atoms with Crippen LogP contribution in [0.3, 0.4) is 0 Å². The molecule has 1 heterocycles. The first-order chi connectivity index (χ1) is 9.10. The van der Waals surface area contributed by atoms with E-state index in [-0.39, 0.29) is 11.4 Å². The molecule has 0 saturated heterocycles. The lowest BCUT2D eigenvalue weighted by atomic mass is 10.3. The van der Waals surface area contributed by atoms with Crippen molar-refractivity contribution in [2.45, 2.75) is 5.03 Å². The summed E-state index contributed by atoms with van der Waals surface area (Å²) in [6.45, 7) is 0. The van der Waals surface area contributed by atoms with Crippen molar-refractivity contribution in [1.82, 2.24) is 9.78 Å². The maximum absolute atomic E-state index is 11.4. The zero-order chi connectivity index (χ0) is 14.0. The van der Waals surface area contributed by atoms with Crippen LogP contribution in [-0.4, -0.2) is 29.1 Å². The molecule has 0 aliphatic heterocycles. The lowest BCUT2D eigenvalue weighted by Crippen LogP contribution is -2.14. The number of aromatic nitrogens is 2. The lowest BCUT2D eigenvalue weighted by Gasteiger charge is -2.09. The number of primary amides is 1. The van der Waals surface area contributed by atoms with Crippen LogP contribution in [0.15, 0.2) is 29.3 Å². The Balaban J connectivity index is 2.67. The zero-order valence-electron chi connectivity index (χ0n) is 10.6. The van der Waals surface area contributed by atoms with Crippen molar-refractivity contribution in [2.24, 2.45) is 5.73 Å². The average Bonchev–Trinajstić information content (AvgIpc) is 2.75. The predicted molar refractivity (Wildman–Crippen MR) is 74.8 cm³/mol. The fraction of sp³-hybridized carbons (Fsp3) is 0.167. The van der Waals surface area contributed by atoms with Gasteiger partial charge < -0.3 is 16.2 Å². The Hall–Kier alpha value is -2.15. The molecule has 0 aliphatic rings. The van der Waals surface area contributed by atoms with E-state index < -0.39 is 5.91 Å². The van der Waals surface area contributed by atoms with E-state index in [1.807, 2.05) is 12.1 Å². The van der Waals surface area contributed by atoms with E-state index in [0.717, 1.165) is 0 Å². The Kier molecular flexibility index (Phi) is 3.66. The third-order valence-corrected chi connectivity index (χ3v) is 3.31. The first-order valence-electron chi connectivity index (χ1n) is 5.45. The number of nitrogens with zero attached hydrogens (tertiary/aromatic N) is 2. The molecule has 0 fully saturated rings. The molecule has 1 aromatic carbocycles. The van der Waals surface area contributed by atoms with Gasteiger partial charge in [-0.1, -0.05) is 12.1 Å². The van der Waals surface area contributed by atoms with E-state index in [4.69, 9.17) is 16.2 Å². The van der Waals surface area contributed by atoms with E-state index >= 15 is 0 Å². The van der Waals surface area contributed by atoms with Gasteiger partial charge in [-0.05, 0) is 18.4 Å². The van der Waals surface area contributed by atoms with Gasteiger partial charge in [0.25, 0.3) is 5.91 Å². The van der Waals surface area contributed by atoms with Gasteiger partial charge in [0, 0.05) is 0 Å². The number of benzene rings is 1.